The molecule has 0 unspecified atom stereocenters. The third-order valence-corrected chi connectivity index (χ3v) is 1.70. The molecule has 0 aromatic rings. The van der Waals surface area contributed by atoms with Crippen molar-refractivity contribution in [2.24, 2.45) is 5.73 Å². The normalized spacial score (nSPS) is 8.80. The highest BCUT2D eigenvalue weighted by molar-refractivity contribution is 8.22. The van der Waals surface area contributed by atoms with E-state index >= 15 is 0 Å². The van der Waals surface area contributed by atoms with E-state index in [9.17, 15) is 9.90 Å². The Bertz CT molecular complexity index is 180. The van der Waals surface area contributed by atoms with Crippen LogP contribution in [0.3, 0.4) is 0 Å². The summed E-state index contributed by atoms with van der Waals surface area (Å²) < 4.78 is 0.930. The predicted octanol–water partition coefficient (Wildman–Crippen LogP) is -1.02. The number of rotatable bonds is 2. The lowest BCUT2D eigenvalue weighted by Gasteiger charge is -1.97. The average molecular weight is 178 g/mol. The number of carboxylic acid groups (broad SMARTS) is 1. The van der Waals surface area contributed by atoms with Crippen LogP contribution in [0.1, 0.15) is 0 Å². The predicted molar refractivity (Wildman–Crippen MR) is 42.0 cm³/mol. The first-order valence-electron chi connectivity index (χ1n) is 2.25. The standard InChI is InChI=1S/C4H6N2O2S2/c1-6(4(7)8)2-10-3(5)9/h1-2H2,(H2-,5,7,8,9). The second kappa shape index (κ2) is 4.24. The summed E-state index contributed by atoms with van der Waals surface area (Å²) >= 11 is 5.49. The number of carbonyl (C=O) groups is 1. The lowest BCUT2D eigenvalue weighted by molar-refractivity contribution is -0.493. The van der Waals surface area contributed by atoms with Crippen LogP contribution in [0.4, 0.5) is 4.79 Å². The lowest BCUT2D eigenvalue weighted by atomic mass is 11.0. The minimum Gasteiger partial charge on any atom is -0.490 e. The van der Waals surface area contributed by atoms with Crippen molar-refractivity contribution >= 4 is 41.1 Å². The summed E-state index contributed by atoms with van der Waals surface area (Å²) in [4.78, 5) is 9.97. The molecule has 0 rings (SSSR count). The van der Waals surface area contributed by atoms with Crippen molar-refractivity contribution in [3.05, 3.63) is 0 Å². The molecule has 1 amide bonds. The van der Waals surface area contributed by atoms with Crippen molar-refractivity contribution in [2.75, 3.05) is 5.88 Å². The molecule has 6 heteroatoms. The van der Waals surface area contributed by atoms with Gasteiger partial charge in [0.05, 0.1) is 0 Å². The van der Waals surface area contributed by atoms with Crippen LogP contribution in [0.15, 0.2) is 0 Å². The minimum atomic E-state index is -1.34. The SMILES string of the molecule is C=[N+](CSC(N)=S)C(=O)[O-]. The third-order valence-electron chi connectivity index (χ3n) is 0.621. The molecule has 10 heavy (non-hydrogen) atoms. The molecule has 0 saturated heterocycles. The van der Waals surface area contributed by atoms with Gasteiger partial charge in [-0.15, -0.1) is 0 Å². The quantitative estimate of drug-likeness (QED) is 0.253. The molecule has 4 nitrogen and oxygen atoms in total. The number of amides is 1. The highest BCUT2D eigenvalue weighted by Gasteiger charge is 2.02. The number of hydrogen-bond acceptors (Lipinski definition) is 4. The average Bonchev–Trinajstić information content (AvgIpc) is 1.82. The topological polar surface area (TPSA) is 69.2 Å². The van der Waals surface area contributed by atoms with Gasteiger partial charge in [-0.05, 0) is 11.8 Å². The zero-order valence-electron chi connectivity index (χ0n) is 5.07. The van der Waals surface area contributed by atoms with Gasteiger partial charge >= 0.3 is 6.09 Å². The van der Waals surface area contributed by atoms with Gasteiger partial charge in [0.2, 0.25) is 5.88 Å². The van der Waals surface area contributed by atoms with Crippen LogP contribution in [-0.2, 0) is 0 Å². The van der Waals surface area contributed by atoms with Gasteiger partial charge in [-0.2, -0.15) is 4.58 Å². The van der Waals surface area contributed by atoms with Gasteiger partial charge in [-0.3, -0.25) is 0 Å². The molecule has 56 valence electrons. The maximum atomic E-state index is 9.97. The van der Waals surface area contributed by atoms with Crippen LogP contribution in [0.2, 0.25) is 0 Å². The minimum absolute atomic E-state index is 0.109. The van der Waals surface area contributed by atoms with Crippen molar-refractivity contribution in [1.82, 2.24) is 0 Å². The second-order valence-electron chi connectivity index (χ2n) is 1.40. The molecule has 0 aliphatic rings. The number of hydrogen-bond donors (Lipinski definition) is 1. The Morgan fingerprint density at radius 2 is 2.40 bits per heavy atom. The maximum Gasteiger partial charge on any atom is 0.337 e. The zero-order chi connectivity index (χ0) is 8.15. The van der Waals surface area contributed by atoms with Crippen molar-refractivity contribution in [2.45, 2.75) is 0 Å². The molecule has 0 aromatic heterocycles. The third kappa shape index (κ3) is 4.28. The molecule has 0 heterocycles. The Morgan fingerprint density at radius 3 is 2.70 bits per heavy atom. The molecule has 0 aliphatic heterocycles. The summed E-state index contributed by atoms with van der Waals surface area (Å²) in [6.45, 7) is 3.14. The highest BCUT2D eigenvalue weighted by atomic mass is 32.2. The van der Waals surface area contributed by atoms with Crippen molar-refractivity contribution in [3.63, 3.8) is 0 Å². The van der Waals surface area contributed by atoms with Gasteiger partial charge in [0.15, 0.2) is 0 Å². The van der Waals surface area contributed by atoms with E-state index in [0.717, 1.165) is 16.3 Å². The van der Waals surface area contributed by atoms with Gasteiger partial charge < -0.3 is 15.6 Å². The van der Waals surface area contributed by atoms with Crippen LogP contribution < -0.4 is 10.8 Å². The first-order valence-corrected chi connectivity index (χ1v) is 3.64. The van der Waals surface area contributed by atoms with E-state index in [1.165, 1.54) is 0 Å². The number of thioether (sulfide) groups is 1. The first-order chi connectivity index (χ1) is 4.54. The molecule has 0 atom stereocenters. The van der Waals surface area contributed by atoms with E-state index in [0.29, 0.717) is 0 Å². The molecule has 2 N–H and O–H groups in total. The van der Waals surface area contributed by atoms with Crippen LogP contribution in [0.5, 0.6) is 0 Å². The Morgan fingerprint density at radius 1 is 1.90 bits per heavy atom. The summed E-state index contributed by atoms with van der Waals surface area (Å²) in [6, 6.07) is 0. The van der Waals surface area contributed by atoms with Gasteiger partial charge in [0, 0.05) is 0 Å². The zero-order valence-corrected chi connectivity index (χ0v) is 6.70. The summed E-state index contributed by atoms with van der Waals surface area (Å²) in [7, 11) is 0. The van der Waals surface area contributed by atoms with Gasteiger partial charge in [0.25, 0.3) is 0 Å². The van der Waals surface area contributed by atoms with Crippen LogP contribution in [0.25, 0.3) is 0 Å². The molecule has 0 aromatic carbocycles. The molecule has 0 saturated carbocycles. The summed E-state index contributed by atoms with van der Waals surface area (Å²) in [6.07, 6.45) is -1.34. The van der Waals surface area contributed by atoms with E-state index in [1.807, 2.05) is 0 Å². The molecule has 0 radical (unpaired) electrons. The number of nitrogens with zero attached hydrogens (tertiary/aromatic N) is 1. The summed E-state index contributed by atoms with van der Waals surface area (Å²) in [5, 5.41) is 9.97. The van der Waals surface area contributed by atoms with Gasteiger partial charge in [0.1, 0.15) is 11.0 Å². The fraction of sp³-hybridized carbons (Fsp3) is 0.250. The Balaban J connectivity index is 3.60. The van der Waals surface area contributed by atoms with Crippen LogP contribution in [0, 0.1) is 0 Å². The molecular formula is C4H6N2O2S2. The highest BCUT2D eigenvalue weighted by Crippen LogP contribution is 1.97. The molecule has 0 aliphatic carbocycles. The van der Waals surface area contributed by atoms with E-state index in [-0.39, 0.29) is 10.2 Å². The first kappa shape index (κ1) is 9.38. The van der Waals surface area contributed by atoms with Gasteiger partial charge in [-0.1, -0.05) is 12.2 Å². The van der Waals surface area contributed by atoms with Crippen molar-refractivity contribution in [3.8, 4) is 0 Å². The lowest BCUT2D eigenvalue weighted by Crippen LogP contribution is -2.33. The monoisotopic (exact) mass is 178 g/mol. The van der Waals surface area contributed by atoms with Gasteiger partial charge in [-0.25, -0.2) is 0 Å². The second-order valence-corrected chi connectivity index (χ2v) is 3.08. The van der Waals surface area contributed by atoms with Crippen molar-refractivity contribution in [1.29, 1.82) is 0 Å². The number of thiocarbonyl (C=S) groups is 1. The smallest absolute Gasteiger partial charge is 0.337 e. The molecular weight excluding hydrogens is 172 g/mol. The largest absolute Gasteiger partial charge is 0.490 e. The van der Waals surface area contributed by atoms with E-state index in [1.54, 1.807) is 0 Å². The fourth-order valence-corrected chi connectivity index (χ4v) is 0.741. The van der Waals surface area contributed by atoms with E-state index < -0.39 is 6.09 Å². The van der Waals surface area contributed by atoms with Crippen molar-refractivity contribution < 1.29 is 14.5 Å². The summed E-state index contributed by atoms with van der Waals surface area (Å²) in [5.41, 5.74) is 5.07. The molecule has 0 bridgehead atoms. The Labute approximate surface area is 67.7 Å². The molecule has 0 fully saturated rings. The molecule has 0 spiro atoms. The number of nitrogens with two attached hydrogens (primary N) is 1. The maximum absolute atomic E-state index is 9.97. The Kier molecular flexibility index (Phi) is 3.97. The van der Waals surface area contributed by atoms with Crippen LogP contribution in [-0.4, -0.2) is 27.6 Å². The van der Waals surface area contributed by atoms with E-state index in [4.69, 9.17) is 5.73 Å². The van der Waals surface area contributed by atoms with Crippen LogP contribution >= 0.6 is 24.0 Å². The fourth-order valence-electron chi connectivity index (χ4n) is 0.194. The van der Waals surface area contributed by atoms with E-state index in [2.05, 4.69) is 18.9 Å². The number of carbonyl (C=O) groups excluding carboxylic acids is 1. The Hall–Kier alpha value is -0.620. The summed E-state index contributed by atoms with van der Waals surface area (Å²) in [5.74, 6) is 0.109.